The molecule has 1 saturated heterocycles. The lowest BCUT2D eigenvalue weighted by Gasteiger charge is -2.21. The van der Waals surface area contributed by atoms with Crippen LogP contribution >= 0.6 is 11.8 Å². The second kappa shape index (κ2) is 8.61. The Balaban J connectivity index is 1.52. The first-order chi connectivity index (χ1) is 12.1. The van der Waals surface area contributed by atoms with Gasteiger partial charge in [0.15, 0.2) is 0 Å². The molecule has 0 atom stereocenters. The van der Waals surface area contributed by atoms with Crippen LogP contribution in [-0.4, -0.2) is 58.5 Å². The number of thioether (sulfide) groups is 1. The zero-order valence-corrected chi connectivity index (χ0v) is 16.0. The van der Waals surface area contributed by atoms with Gasteiger partial charge in [-0.25, -0.2) is 4.98 Å². The van der Waals surface area contributed by atoms with E-state index in [4.69, 9.17) is 0 Å². The number of H-pyrrole nitrogens is 1. The van der Waals surface area contributed by atoms with Crippen LogP contribution in [0.5, 0.6) is 0 Å². The van der Waals surface area contributed by atoms with Crippen molar-refractivity contribution in [1.29, 1.82) is 0 Å². The van der Waals surface area contributed by atoms with E-state index in [1.54, 1.807) is 11.8 Å². The molecule has 1 N–H and O–H groups in total. The SMILES string of the molecule is CC(C)CCSCC(=O)N1CCCN(c2nc3ccccc3[nH]2)CC1. The summed E-state index contributed by atoms with van der Waals surface area (Å²) in [6.45, 7) is 7.85. The lowest BCUT2D eigenvalue weighted by atomic mass is 10.2. The highest BCUT2D eigenvalue weighted by atomic mass is 32.2. The molecule has 0 bridgehead atoms. The first kappa shape index (κ1) is 18.1. The molecule has 0 aliphatic carbocycles. The topological polar surface area (TPSA) is 52.2 Å². The van der Waals surface area contributed by atoms with Crippen LogP contribution < -0.4 is 4.90 Å². The third-order valence-corrected chi connectivity index (χ3v) is 5.57. The number of hydrogen-bond acceptors (Lipinski definition) is 4. The van der Waals surface area contributed by atoms with E-state index in [1.807, 2.05) is 29.2 Å². The number of imidazole rings is 1. The molecule has 2 heterocycles. The number of benzene rings is 1. The lowest BCUT2D eigenvalue weighted by Crippen LogP contribution is -2.36. The number of nitrogens with zero attached hydrogens (tertiary/aromatic N) is 3. The number of fused-ring (bicyclic) bond motifs is 1. The van der Waals surface area contributed by atoms with Crippen molar-refractivity contribution in [1.82, 2.24) is 14.9 Å². The normalized spacial score (nSPS) is 15.8. The molecular formula is C19H28N4OS. The van der Waals surface area contributed by atoms with Crippen LogP contribution in [0.3, 0.4) is 0 Å². The second-order valence-corrected chi connectivity index (χ2v) is 8.14. The zero-order valence-electron chi connectivity index (χ0n) is 15.2. The molecule has 1 aromatic heterocycles. The van der Waals surface area contributed by atoms with Gasteiger partial charge in [-0.2, -0.15) is 11.8 Å². The van der Waals surface area contributed by atoms with E-state index in [-0.39, 0.29) is 5.91 Å². The average Bonchev–Trinajstić information content (AvgIpc) is 2.87. The van der Waals surface area contributed by atoms with Gasteiger partial charge in [0.25, 0.3) is 0 Å². The smallest absolute Gasteiger partial charge is 0.232 e. The quantitative estimate of drug-likeness (QED) is 0.803. The minimum Gasteiger partial charge on any atom is -0.341 e. The van der Waals surface area contributed by atoms with Crippen molar-refractivity contribution in [3.05, 3.63) is 24.3 Å². The Hall–Kier alpha value is -1.69. The van der Waals surface area contributed by atoms with Gasteiger partial charge in [0, 0.05) is 26.2 Å². The zero-order chi connectivity index (χ0) is 17.6. The number of carbonyl (C=O) groups is 1. The number of para-hydroxylation sites is 2. The summed E-state index contributed by atoms with van der Waals surface area (Å²) in [7, 11) is 0. The van der Waals surface area contributed by atoms with Gasteiger partial charge in [0.1, 0.15) is 0 Å². The molecule has 1 aliphatic heterocycles. The predicted octanol–water partition coefficient (Wildman–Crippen LogP) is 3.38. The van der Waals surface area contributed by atoms with Crippen molar-refractivity contribution in [2.24, 2.45) is 5.92 Å². The number of anilines is 1. The van der Waals surface area contributed by atoms with Crippen molar-refractivity contribution in [2.75, 3.05) is 42.6 Å². The Bertz CT molecular complexity index is 667. The summed E-state index contributed by atoms with van der Waals surface area (Å²) in [4.78, 5) is 24.8. The number of hydrogen-bond donors (Lipinski definition) is 1. The molecule has 0 unspecified atom stereocenters. The maximum Gasteiger partial charge on any atom is 0.232 e. The number of carbonyl (C=O) groups excluding carboxylic acids is 1. The van der Waals surface area contributed by atoms with Crippen molar-refractivity contribution < 1.29 is 4.79 Å². The third kappa shape index (κ3) is 4.91. The van der Waals surface area contributed by atoms with Crippen LogP contribution in [0.2, 0.25) is 0 Å². The Morgan fingerprint density at radius 1 is 1.24 bits per heavy atom. The van der Waals surface area contributed by atoms with Gasteiger partial charge in [-0.1, -0.05) is 26.0 Å². The first-order valence-corrected chi connectivity index (χ1v) is 10.3. The van der Waals surface area contributed by atoms with Crippen molar-refractivity contribution in [3.63, 3.8) is 0 Å². The van der Waals surface area contributed by atoms with E-state index in [0.717, 1.165) is 55.3 Å². The lowest BCUT2D eigenvalue weighted by molar-refractivity contribution is -0.128. The van der Waals surface area contributed by atoms with E-state index in [2.05, 4.69) is 28.7 Å². The molecular weight excluding hydrogens is 332 g/mol. The minimum atomic E-state index is 0.278. The molecule has 1 aliphatic rings. The molecule has 1 aromatic carbocycles. The molecule has 25 heavy (non-hydrogen) atoms. The van der Waals surface area contributed by atoms with Crippen LogP contribution in [0.4, 0.5) is 5.95 Å². The number of aromatic nitrogens is 2. The van der Waals surface area contributed by atoms with Gasteiger partial charge in [0.2, 0.25) is 11.9 Å². The van der Waals surface area contributed by atoms with Gasteiger partial charge in [-0.15, -0.1) is 0 Å². The van der Waals surface area contributed by atoms with E-state index in [1.165, 1.54) is 6.42 Å². The average molecular weight is 361 g/mol. The molecule has 0 saturated carbocycles. The molecule has 2 aromatic rings. The summed E-state index contributed by atoms with van der Waals surface area (Å²) in [5, 5.41) is 0. The summed E-state index contributed by atoms with van der Waals surface area (Å²) in [6.07, 6.45) is 2.16. The summed E-state index contributed by atoms with van der Waals surface area (Å²) < 4.78 is 0. The number of aromatic amines is 1. The Kier molecular flexibility index (Phi) is 6.24. The molecule has 0 spiro atoms. The van der Waals surface area contributed by atoms with Crippen LogP contribution in [0.25, 0.3) is 11.0 Å². The highest BCUT2D eigenvalue weighted by Gasteiger charge is 2.20. The van der Waals surface area contributed by atoms with Crippen LogP contribution in [0.1, 0.15) is 26.7 Å². The third-order valence-electron chi connectivity index (χ3n) is 4.59. The predicted molar refractivity (Wildman–Crippen MR) is 106 cm³/mol. The molecule has 5 nitrogen and oxygen atoms in total. The largest absolute Gasteiger partial charge is 0.341 e. The fourth-order valence-corrected chi connectivity index (χ4v) is 4.18. The highest BCUT2D eigenvalue weighted by molar-refractivity contribution is 7.99. The number of nitrogens with one attached hydrogen (secondary N) is 1. The molecule has 1 fully saturated rings. The van der Waals surface area contributed by atoms with Crippen LogP contribution in [-0.2, 0) is 4.79 Å². The highest BCUT2D eigenvalue weighted by Crippen LogP contribution is 2.19. The summed E-state index contributed by atoms with van der Waals surface area (Å²) >= 11 is 1.77. The molecule has 6 heteroatoms. The number of rotatable bonds is 6. The van der Waals surface area contributed by atoms with E-state index in [0.29, 0.717) is 11.7 Å². The van der Waals surface area contributed by atoms with E-state index in [9.17, 15) is 4.79 Å². The monoisotopic (exact) mass is 360 g/mol. The van der Waals surface area contributed by atoms with E-state index >= 15 is 0 Å². The van der Waals surface area contributed by atoms with E-state index < -0.39 is 0 Å². The Morgan fingerprint density at radius 2 is 2.08 bits per heavy atom. The van der Waals surface area contributed by atoms with Crippen LogP contribution in [0, 0.1) is 5.92 Å². The summed E-state index contributed by atoms with van der Waals surface area (Å²) in [5.74, 6) is 3.58. The van der Waals surface area contributed by atoms with Crippen LogP contribution in [0.15, 0.2) is 24.3 Å². The van der Waals surface area contributed by atoms with Gasteiger partial charge in [-0.3, -0.25) is 4.79 Å². The van der Waals surface area contributed by atoms with Crippen molar-refractivity contribution >= 4 is 34.7 Å². The van der Waals surface area contributed by atoms with Gasteiger partial charge in [-0.05, 0) is 36.6 Å². The van der Waals surface area contributed by atoms with Gasteiger partial charge < -0.3 is 14.8 Å². The fraction of sp³-hybridized carbons (Fsp3) is 0.579. The maximum absolute atomic E-state index is 12.4. The van der Waals surface area contributed by atoms with Gasteiger partial charge >= 0.3 is 0 Å². The molecule has 1 amide bonds. The van der Waals surface area contributed by atoms with Gasteiger partial charge in [0.05, 0.1) is 16.8 Å². The molecule has 0 radical (unpaired) electrons. The molecule has 136 valence electrons. The minimum absolute atomic E-state index is 0.278. The maximum atomic E-state index is 12.4. The van der Waals surface area contributed by atoms with Crippen molar-refractivity contribution in [2.45, 2.75) is 26.7 Å². The first-order valence-electron chi connectivity index (χ1n) is 9.18. The molecule has 3 rings (SSSR count). The summed E-state index contributed by atoms with van der Waals surface area (Å²) in [5.41, 5.74) is 2.06. The van der Waals surface area contributed by atoms with Crippen molar-refractivity contribution in [3.8, 4) is 0 Å². The standard InChI is InChI=1S/C19H28N4OS/c1-15(2)8-13-25-14-18(24)22-9-5-10-23(12-11-22)19-20-16-6-3-4-7-17(16)21-19/h3-4,6-7,15H,5,8-14H2,1-2H3,(H,20,21). The second-order valence-electron chi connectivity index (χ2n) is 7.03. The Morgan fingerprint density at radius 3 is 2.88 bits per heavy atom. The number of amides is 1. The fourth-order valence-electron chi connectivity index (χ4n) is 3.04. The Labute approximate surface area is 154 Å². The summed E-state index contributed by atoms with van der Waals surface area (Å²) in [6, 6.07) is 8.10.